The van der Waals surface area contributed by atoms with E-state index in [4.69, 9.17) is 4.99 Å². The summed E-state index contributed by atoms with van der Waals surface area (Å²) in [6, 6.07) is 24.6. The Morgan fingerprint density at radius 2 is 1.50 bits per heavy atom. The molecule has 0 saturated carbocycles. The Bertz CT molecular complexity index is 916. The molecule has 3 nitrogen and oxygen atoms in total. The summed E-state index contributed by atoms with van der Waals surface area (Å²) in [7, 11) is 2.06. The molecule has 0 fully saturated rings. The van der Waals surface area contributed by atoms with Gasteiger partial charge in [-0.3, -0.25) is 0 Å². The third-order valence-corrected chi connectivity index (χ3v) is 4.61. The van der Waals surface area contributed by atoms with Gasteiger partial charge in [0.05, 0.1) is 17.1 Å². The molecule has 4 heteroatoms. The summed E-state index contributed by atoms with van der Waals surface area (Å²) >= 11 is 3.47. The van der Waals surface area contributed by atoms with Crippen LogP contribution >= 0.6 is 15.9 Å². The van der Waals surface area contributed by atoms with Crippen LogP contribution in [-0.2, 0) is 0 Å². The molecule has 0 spiro atoms. The first-order valence-electron chi connectivity index (χ1n) is 7.76. The van der Waals surface area contributed by atoms with Gasteiger partial charge in [0.2, 0.25) is 0 Å². The van der Waals surface area contributed by atoms with Crippen molar-refractivity contribution in [2.75, 3.05) is 17.3 Å². The average molecular weight is 378 g/mol. The molecule has 0 atom stereocenters. The summed E-state index contributed by atoms with van der Waals surface area (Å²) in [4.78, 5) is 7.06. The molecule has 0 unspecified atom stereocenters. The van der Waals surface area contributed by atoms with Gasteiger partial charge in [0, 0.05) is 22.8 Å². The van der Waals surface area contributed by atoms with E-state index in [1.54, 1.807) is 0 Å². The number of amidine groups is 1. The highest BCUT2D eigenvalue weighted by molar-refractivity contribution is 9.10. The Labute approximate surface area is 149 Å². The minimum absolute atomic E-state index is 0.922. The van der Waals surface area contributed by atoms with Gasteiger partial charge in [0.15, 0.2) is 0 Å². The lowest BCUT2D eigenvalue weighted by atomic mass is 10.1. The van der Waals surface area contributed by atoms with Crippen LogP contribution in [0.3, 0.4) is 0 Å². The highest BCUT2D eigenvalue weighted by Gasteiger charge is 2.21. The third kappa shape index (κ3) is 2.69. The highest BCUT2D eigenvalue weighted by Crippen LogP contribution is 2.35. The standard InChI is InChI=1S/C20H16BrN3/c1-24-19-9-5-4-8-18(19)23-17-7-3-2-6-16(17)20(24)22-15-12-10-14(21)11-13-15/h2-13,23H,1H3. The molecule has 0 amide bonds. The second-order valence-electron chi connectivity index (χ2n) is 5.66. The van der Waals surface area contributed by atoms with Gasteiger partial charge in [-0.1, -0.05) is 40.2 Å². The van der Waals surface area contributed by atoms with Crippen molar-refractivity contribution >= 4 is 44.5 Å². The van der Waals surface area contributed by atoms with E-state index in [0.29, 0.717) is 0 Å². The number of nitrogens with one attached hydrogen (secondary N) is 1. The maximum atomic E-state index is 4.92. The number of benzene rings is 3. The summed E-state index contributed by atoms with van der Waals surface area (Å²) in [6.45, 7) is 0. The number of hydrogen-bond acceptors (Lipinski definition) is 2. The second-order valence-corrected chi connectivity index (χ2v) is 6.57. The maximum absolute atomic E-state index is 4.92. The fourth-order valence-corrected chi connectivity index (χ4v) is 3.14. The molecule has 0 saturated heterocycles. The number of aliphatic imine (C=N–C) groups is 1. The van der Waals surface area contributed by atoms with Crippen LogP contribution in [0.5, 0.6) is 0 Å². The molecule has 24 heavy (non-hydrogen) atoms. The number of para-hydroxylation sites is 3. The average Bonchev–Trinajstić information content (AvgIpc) is 2.73. The van der Waals surface area contributed by atoms with E-state index in [1.165, 1.54) is 0 Å². The van der Waals surface area contributed by atoms with Gasteiger partial charge in [0.1, 0.15) is 5.84 Å². The number of nitrogens with zero attached hydrogens (tertiary/aromatic N) is 2. The first kappa shape index (κ1) is 15.0. The molecule has 0 bridgehead atoms. The first-order chi connectivity index (χ1) is 11.7. The normalized spacial score (nSPS) is 14.6. The van der Waals surface area contributed by atoms with Gasteiger partial charge in [-0.05, 0) is 48.5 Å². The van der Waals surface area contributed by atoms with Gasteiger partial charge in [0.25, 0.3) is 0 Å². The van der Waals surface area contributed by atoms with Crippen molar-refractivity contribution < 1.29 is 0 Å². The van der Waals surface area contributed by atoms with Crippen LogP contribution in [0.25, 0.3) is 0 Å². The van der Waals surface area contributed by atoms with Crippen LogP contribution in [0, 0.1) is 0 Å². The van der Waals surface area contributed by atoms with Crippen molar-refractivity contribution in [2.45, 2.75) is 0 Å². The predicted molar refractivity (Wildman–Crippen MR) is 105 cm³/mol. The fourth-order valence-electron chi connectivity index (χ4n) is 2.87. The number of rotatable bonds is 1. The van der Waals surface area contributed by atoms with Crippen molar-refractivity contribution in [3.05, 3.63) is 82.8 Å². The molecule has 3 aromatic carbocycles. The Balaban J connectivity index is 1.92. The van der Waals surface area contributed by atoms with Crippen LogP contribution in [0.15, 0.2) is 82.3 Å². The Kier molecular flexibility index (Phi) is 3.82. The zero-order valence-corrected chi connectivity index (χ0v) is 14.8. The summed E-state index contributed by atoms with van der Waals surface area (Å²) in [6.07, 6.45) is 0. The molecule has 0 radical (unpaired) electrons. The molecule has 118 valence electrons. The lowest BCUT2D eigenvalue weighted by Gasteiger charge is -2.21. The highest BCUT2D eigenvalue weighted by atomic mass is 79.9. The van der Waals surface area contributed by atoms with E-state index >= 15 is 0 Å². The Morgan fingerprint density at radius 3 is 2.29 bits per heavy atom. The molecular weight excluding hydrogens is 362 g/mol. The lowest BCUT2D eigenvalue weighted by Crippen LogP contribution is -2.26. The van der Waals surface area contributed by atoms with Gasteiger partial charge in [-0.25, -0.2) is 4.99 Å². The van der Waals surface area contributed by atoms with E-state index in [0.717, 1.165) is 38.6 Å². The Morgan fingerprint density at radius 1 is 0.833 bits per heavy atom. The maximum Gasteiger partial charge on any atom is 0.142 e. The zero-order valence-electron chi connectivity index (χ0n) is 13.2. The van der Waals surface area contributed by atoms with Crippen LogP contribution in [0.1, 0.15) is 5.56 Å². The van der Waals surface area contributed by atoms with Crippen molar-refractivity contribution in [2.24, 2.45) is 4.99 Å². The van der Waals surface area contributed by atoms with E-state index in [9.17, 15) is 0 Å². The van der Waals surface area contributed by atoms with Crippen LogP contribution in [0.4, 0.5) is 22.7 Å². The van der Waals surface area contributed by atoms with Crippen molar-refractivity contribution in [1.29, 1.82) is 0 Å². The van der Waals surface area contributed by atoms with Gasteiger partial charge in [-0.2, -0.15) is 0 Å². The van der Waals surface area contributed by atoms with Gasteiger partial charge in [-0.15, -0.1) is 0 Å². The number of fused-ring (bicyclic) bond motifs is 2. The molecular formula is C20H16BrN3. The minimum atomic E-state index is 0.922. The van der Waals surface area contributed by atoms with E-state index in [2.05, 4.69) is 57.5 Å². The molecule has 4 rings (SSSR count). The smallest absolute Gasteiger partial charge is 0.142 e. The SMILES string of the molecule is CN1C(=Nc2ccc(Br)cc2)c2ccccc2Nc2ccccc21. The molecule has 1 aliphatic rings. The molecule has 0 aliphatic carbocycles. The Hall–Kier alpha value is -2.59. The summed E-state index contributed by atoms with van der Waals surface area (Å²) in [5.74, 6) is 0.922. The van der Waals surface area contributed by atoms with E-state index in [-0.39, 0.29) is 0 Å². The molecule has 0 aromatic heterocycles. The van der Waals surface area contributed by atoms with Gasteiger partial charge >= 0.3 is 0 Å². The first-order valence-corrected chi connectivity index (χ1v) is 8.55. The monoisotopic (exact) mass is 377 g/mol. The van der Waals surface area contributed by atoms with Crippen molar-refractivity contribution in [3.8, 4) is 0 Å². The summed E-state index contributed by atoms with van der Waals surface area (Å²) in [5.41, 5.74) is 5.25. The number of halogens is 1. The van der Waals surface area contributed by atoms with Crippen LogP contribution in [0.2, 0.25) is 0 Å². The van der Waals surface area contributed by atoms with E-state index < -0.39 is 0 Å². The second kappa shape index (κ2) is 6.13. The molecule has 1 N–H and O–H groups in total. The molecule has 1 heterocycles. The van der Waals surface area contributed by atoms with Crippen molar-refractivity contribution in [3.63, 3.8) is 0 Å². The number of hydrogen-bond donors (Lipinski definition) is 1. The topological polar surface area (TPSA) is 27.6 Å². The van der Waals surface area contributed by atoms with Crippen LogP contribution in [-0.4, -0.2) is 12.9 Å². The third-order valence-electron chi connectivity index (χ3n) is 4.08. The predicted octanol–water partition coefficient (Wildman–Crippen LogP) is 5.72. The zero-order chi connectivity index (χ0) is 16.5. The number of anilines is 3. The molecule has 3 aromatic rings. The van der Waals surface area contributed by atoms with Gasteiger partial charge < -0.3 is 10.2 Å². The summed E-state index contributed by atoms with van der Waals surface area (Å²) in [5, 5.41) is 3.53. The fraction of sp³-hybridized carbons (Fsp3) is 0.0500. The van der Waals surface area contributed by atoms with Crippen LogP contribution < -0.4 is 10.2 Å². The quantitative estimate of drug-likeness (QED) is 0.586. The lowest BCUT2D eigenvalue weighted by molar-refractivity contribution is 1.25. The largest absolute Gasteiger partial charge is 0.353 e. The molecule has 1 aliphatic heterocycles. The van der Waals surface area contributed by atoms with E-state index in [1.807, 2.05) is 48.5 Å². The minimum Gasteiger partial charge on any atom is -0.353 e. The van der Waals surface area contributed by atoms with Crippen molar-refractivity contribution in [1.82, 2.24) is 0 Å². The summed E-state index contributed by atoms with van der Waals surface area (Å²) < 4.78 is 1.05.